The molecule has 1 aliphatic rings. The summed E-state index contributed by atoms with van der Waals surface area (Å²) >= 11 is 1.46. The van der Waals surface area contributed by atoms with Crippen LogP contribution in [0, 0.1) is 0 Å². The van der Waals surface area contributed by atoms with Crippen LogP contribution < -0.4 is 20.7 Å². The standard InChI is InChI=1S/C60H54N2OSSi/c1-58(2,3)47-35-33-41(37-45(47)43-25-20-31-53-55(43)63-57-61-51-29-16-17-30-52(51)62(53)57)65(39-21-11-9-12-22-39,40-23-13-10-14-24-40)42-34-36-48(59(4,5)6)46(38-42)44-26-19-28-50-56(44)64-54-32-18-15-27-49(54)60(50,7)8/h9-38H,1-8H3/i7D3,8D3. The van der Waals surface area contributed by atoms with Gasteiger partial charge in [0.2, 0.25) is 0 Å². The Morgan fingerprint density at radius 2 is 1.06 bits per heavy atom. The van der Waals surface area contributed by atoms with Gasteiger partial charge in [-0.05, 0) is 94.8 Å². The number of imidazole rings is 1. The Hall–Kier alpha value is -6.40. The van der Waals surface area contributed by atoms with Crippen LogP contribution in [-0.2, 0) is 16.2 Å². The number of para-hydroxylation sites is 3. The van der Waals surface area contributed by atoms with Gasteiger partial charge in [-0.1, -0.05) is 225 Å². The van der Waals surface area contributed by atoms with Gasteiger partial charge in [-0.3, -0.25) is 4.40 Å². The topological polar surface area (TPSA) is 30.4 Å². The van der Waals surface area contributed by atoms with E-state index in [2.05, 4.69) is 167 Å². The van der Waals surface area contributed by atoms with E-state index in [9.17, 15) is 0 Å². The van der Waals surface area contributed by atoms with E-state index in [0.29, 0.717) is 26.8 Å². The summed E-state index contributed by atoms with van der Waals surface area (Å²) in [5.41, 5.74) is 7.36. The molecular weight excluding hydrogens is 825 g/mol. The molecule has 3 nitrogen and oxygen atoms in total. The van der Waals surface area contributed by atoms with E-state index in [-0.39, 0.29) is 10.8 Å². The maximum absolute atomic E-state index is 9.10. The third-order valence-electron chi connectivity index (χ3n) is 13.4. The Morgan fingerprint density at radius 1 is 0.523 bits per heavy atom. The monoisotopic (exact) mass is 884 g/mol. The molecule has 0 saturated carbocycles. The van der Waals surface area contributed by atoms with Gasteiger partial charge in [-0.25, -0.2) is 0 Å². The fraction of sp³-hybridized carbons (Fsp3) is 0.183. The third kappa shape index (κ3) is 6.49. The van der Waals surface area contributed by atoms with Gasteiger partial charge in [0, 0.05) is 29.0 Å². The molecule has 3 heterocycles. The lowest BCUT2D eigenvalue weighted by Crippen LogP contribution is -2.74. The zero-order valence-electron chi connectivity index (χ0n) is 43.5. The zero-order chi connectivity index (χ0) is 49.9. The Bertz CT molecular complexity index is 3640. The highest BCUT2D eigenvalue weighted by atomic mass is 32.2. The first kappa shape index (κ1) is 34.9. The number of fused-ring (bicyclic) bond motifs is 7. The van der Waals surface area contributed by atoms with Crippen molar-refractivity contribution in [3.8, 4) is 22.3 Å². The molecule has 0 aliphatic carbocycles. The number of nitrogens with zero attached hydrogens (tertiary/aromatic N) is 2. The molecule has 320 valence electrons. The number of benzene rings is 8. The quantitative estimate of drug-likeness (QED) is 0.123. The van der Waals surface area contributed by atoms with E-state index >= 15 is 0 Å². The summed E-state index contributed by atoms with van der Waals surface area (Å²) in [6.07, 6.45) is 0. The molecule has 10 aromatic rings. The summed E-state index contributed by atoms with van der Waals surface area (Å²) in [5.74, 6) is 0.547. The smallest absolute Gasteiger partial charge is 0.307 e. The average Bonchev–Trinajstić information content (AvgIpc) is 3.89. The largest absolute Gasteiger partial charge is 0.422 e. The van der Waals surface area contributed by atoms with Crippen LogP contribution in [0.3, 0.4) is 0 Å². The maximum atomic E-state index is 9.10. The first-order chi connectivity index (χ1) is 33.8. The molecule has 0 atom stereocenters. The molecule has 11 rings (SSSR count). The highest BCUT2D eigenvalue weighted by Crippen LogP contribution is 2.53. The van der Waals surface area contributed by atoms with Crippen molar-refractivity contribution in [2.75, 3.05) is 0 Å². The molecule has 0 N–H and O–H groups in total. The lowest BCUT2D eigenvalue weighted by Gasteiger charge is -2.38. The molecule has 0 spiro atoms. The highest BCUT2D eigenvalue weighted by Gasteiger charge is 2.43. The molecule has 0 bridgehead atoms. The lowest BCUT2D eigenvalue weighted by molar-refractivity contribution is 0.591. The van der Waals surface area contributed by atoms with Crippen LogP contribution in [0.5, 0.6) is 0 Å². The predicted molar refractivity (Wildman–Crippen MR) is 277 cm³/mol. The average molecular weight is 885 g/mol. The normalized spacial score (nSPS) is 15.7. The second-order valence-corrected chi connectivity index (χ2v) is 24.4. The molecule has 0 saturated heterocycles. The molecule has 0 radical (unpaired) electrons. The highest BCUT2D eigenvalue weighted by molar-refractivity contribution is 7.99. The van der Waals surface area contributed by atoms with Gasteiger partial charge in [0.05, 0.1) is 16.6 Å². The number of hydrogen-bond donors (Lipinski definition) is 0. The summed E-state index contributed by atoms with van der Waals surface area (Å²) in [7, 11) is -3.33. The molecular formula is C60H54N2OSSi. The summed E-state index contributed by atoms with van der Waals surface area (Å²) in [6, 6.07) is 63.0. The van der Waals surface area contributed by atoms with Crippen molar-refractivity contribution in [3.63, 3.8) is 0 Å². The minimum absolute atomic E-state index is 0.248. The Morgan fingerprint density at radius 3 is 1.71 bits per heavy atom. The minimum Gasteiger partial charge on any atom is -0.422 e. The Labute approximate surface area is 396 Å². The number of rotatable bonds is 6. The summed E-state index contributed by atoms with van der Waals surface area (Å²) < 4.78 is 63.5. The molecule has 0 unspecified atom stereocenters. The molecule has 0 amide bonds. The van der Waals surface area contributed by atoms with E-state index in [1.54, 1.807) is 18.2 Å². The van der Waals surface area contributed by atoms with Gasteiger partial charge in [-0.2, -0.15) is 4.98 Å². The second-order valence-electron chi connectivity index (χ2n) is 19.5. The van der Waals surface area contributed by atoms with E-state index < -0.39 is 27.2 Å². The first-order valence-electron chi connectivity index (χ1n) is 25.4. The van der Waals surface area contributed by atoms with Gasteiger partial charge >= 0.3 is 5.84 Å². The van der Waals surface area contributed by atoms with Gasteiger partial charge in [0.1, 0.15) is 0 Å². The number of oxazole rings is 1. The first-order valence-corrected chi connectivity index (χ1v) is 25.2. The SMILES string of the molecule is [2H]C([2H])([2H])C1(C([2H])([2H])[2H])c2ccccc2Sc2c(-c3cc([Si](c4ccccc4)(c4ccccc4)c4ccc(C(C)(C)C)c(-c5cccc6c5oc5nc7ccccc7n56)c4)ccc3C(C)(C)C)cccc21. The fourth-order valence-electron chi connectivity index (χ4n) is 10.4. The second kappa shape index (κ2) is 15.1. The van der Waals surface area contributed by atoms with Gasteiger partial charge in [0.25, 0.3) is 0 Å². The van der Waals surface area contributed by atoms with Crippen LogP contribution in [0.2, 0.25) is 0 Å². The van der Waals surface area contributed by atoms with Crippen molar-refractivity contribution < 1.29 is 12.6 Å². The summed E-state index contributed by atoms with van der Waals surface area (Å²) in [4.78, 5) is 6.19. The third-order valence-corrected chi connectivity index (χ3v) is 19.4. The number of aromatic nitrogens is 2. The molecule has 1 aliphatic heterocycles. The Kier molecular flexibility index (Phi) is 8.11. The molecule has 5 heteroatoms. The van der Waals surface area contributed by atoms with Crippen LogP contribution in [0.15, 0.2) is 196 Å². The zero-order valence-corrected chi connectivity index (χ0v) is 39.3. The molecule has 2 aromatic heterocycles. The van der Waals surface area contributed by atoms with Gasteiger partial charge in [-0.15, -0.1) is 0 Å². The molecule has 0 fully saturated rings. The van der Waals surface area contributed by atoms with Gasteiger partial charge in [0.15, 0.2) is 13.7 Å². The lowest BCUT2D eigenvalue weighted by atomic mass is 9.76. The van der Waals surface area contributed by atoms with E-state index in [4.69, 9.17) is 17.6 Å². The molecule has 8 aromatic carbocycles. The van der Waals surface area contributed by atoms with Crippen molar-refractivity contribution in [2.45, 2.75) is 81.3 Å². The van der Waals surface area contributed by atoms with Crippen molar-refractivity contribution in [3.05, 3.63) is 204 Å². The van der Waals surface area contributed by atoms with E-state index in [1.165, 1.54) is 32.9 Å². The van der Waals surface area contributed by atoms with Crippen molar-refractivity contribution in [1.29, 1.82) is 0 Å². The van der Waals surface area contributed by atoms with Gasteiger partial charge < -0.3 is 4.42 Å². The minimum atomic E-state index is -3.33. The summed E-state index contributed by atoms with van der Waals surface area (Å²) in [6.45, 7) is 7.56. The Balaban J connectivity index is 1.23. The van der Waals surface area contributed by atoms with Crippen LogP contribution in [0.4, 0.5) is 0 Å². The van der Waals surface area contributed by atoms with Crippen molar-refractivity contribution in [2.24, 2.45) is 0 Å². The van der Waals surface area contributed by atoms with Crippen LogP contribution in [-0.4, -0.2) is 17.5 Å². The van der Waals surface area contributed by atoms with Crippen molar-refractivity contribution in [1.82, 2.24) is 9.38 Å². The van der Waals surface area contributed by atoms with Crippen molar-refractivity contribution >= 4 is 68.6 Å². The van der Waals surface area contributed by atoms with Crippen LogP contribution in [0.25, 0.3) is 50.2 Å². The predicted octanol–water partition coefficient (Wildman–Crippen LogP) is 13.3. The van der Waals surface area contributed by atoms with E-state index in [1.807, 2.05) is 42.5 Å². The molecule has 65 heavy (non-hydrogen) atoms. The van der Waals surface area contributed by atoms with Crippen LogP contribution in [0.1, 0.15) is 85.7 Å². The van der Waals surface area contributed by atoms with E-state index in [0.717, 1.165) is 55.1 Å². The summed E-state index contributed by atoms with van der Waals surface area (Å²) in [5, 5.41) is 4.69. The van der Waals surface area contributed by atoms with Crippen LogP contribution >= 0.6 is 11.8 Å². The maximum Gasteiger partial charge on any atom is 0.307 e. The number of hydrogen-bond acceptors (Lipinski definition) is 3. The fourth-order valence-corrected chi connectivity index (χ4v) is 16.5.